The number of nitrogen functional groups attached to an aromatic ring is 2. The van der Waals surface area contributed by atoms with E-state index < -0.39 is 0 Å². The molecule has 0 saturated heterocycles. The van der Waals surface area contributed by atoms with Crippen LogP contribution in [0.15, 0.2) is 36.4 Å². The van der Waals surface area contributed by atoms with E-state index in [4.69, 9.17) is 33.8 Å². The maximum absolute atomic E-state index is 5.87. The van der Waals surface area contributed by atoms with E-state index >= 15 is 0 Å². The van der Waals surface area contributed by atoms with Gasteiger partial charge in [-0.05, 0) is 41.8 Å². The molecule has 0 spiro atoms. The Morgan fingerprint density at radius 2 is 1.22 bits per heavy atom. The van der Waals surface area contributed by atoms with Gasteiger partial charge in [0.1, 0.15) is 24.7 Å². The van der Waals surface area contributed by atoms with Crippen LogP contribution in [0, 0.1) is 24.7 Å². The minimum Gasteiger partial charge on any atom is -0.479 e. The van der Waals surface area contributed by atoms with Crippen molar-refractivity contribution in [3.8, 4) is 36.2 Å². The van der Waals surface area contributed by atoms with Gasteiger partial charge in [-0.3, -0.25) is 0 Å². The Balaban J connectivity index is 2.19. The lowest BCUT2D eigenvalue weighted by Gasteiger charge is -2.11. The molecule has 0 amide bonds. The molecule has 0 aliphatic carbocycles. The Hall–Kier alpha value is -3.24. The van der Waals surface area contributed by atoms with Crippen LogP contribution in [0.25, 0.3) is 0 Å². The summed E-state index contributed by atoms with van der Waals surface area (Å²) >= 11 is 0. The van der Waals surface area contributed by atoms with Crippen molar-refractivity contribution in [2.45, 2.75) is 6.42 Å². The third-order valence-electron chi connectivity index (χ3n) is 3.19. The molecule has 0 fully saturated rings. The minimum atomic E-state index is 0.180. The number of ether oxygens (including phenoxy) is 2. The molecular formula is C19H18N2O2. The zero-order valence-corrected chi connectivity index (χ0v) is 12.7. The molecule has 0 aliphatic heterocycles. The predicted octanol–water partition coefficient (Wildman–Crippen LogP) is 2.47. The standard InChI is InChI=1S/C19H18N2O2/c1-3-9-22-18-12-14(5-7-16(18)20)11-15-6-8-17(21)19(13-15)23-10-4-2/h1-2,5-8,12-13H,9-11,20-21H2. The monoisotopic (exact) mass is 306 g/mol. The number of hydrogen-bond donors (Lipinski definition) is 2. The molecular weight excluding hydrogens is 288 g/mol. The maximum Gasteiger partial charge on any atom is 0.148 e. The average Bonchev–Trinajstić information content (AvgIpc) is 2.55. The molecule has 116 valence electrons. The molecule has 0 radical (unpaired) electrons. The van der Waals surface area contributed by atoms with Crippen molar-refractivity contribution >= 4 is 11.4 Å². The molecule has 0 aromatic heterocycles. The predicted molar refractivity (Wildman–Crippen MR) is 93.2 cm³/mol. The summed E-state index contributed by atoms with van der Waals surface area (Å²) in [4.78, 5) is 0. The number of hydrogen-bond acceptors (Lipinski definition) is 4. The molecule has 0 heterocycles. The fraction of sp³-hybridized carbons (Fsp3) is 0.158. The highest BCUT2D eigenvalue weighted by molar-refractivity contribution is 5.56. The van der Waals surface area contributed by atoms with E-state index in [1.54, 1.807) is 12.1 Å². The highest BCUT2D eigenvalue weighted by Gasteiger charge is 2.06. The third-order valence-corrected chi connectivity index (χ3v) is 3.19. The van der Waals surface area contributed by atoms with Crippen LogP contribution in [-0.2, 0) is 6.42 Å². The molecule has 0 atom stereocenters. The second-order valence-electron chi connectivity index (χ2n) is 4.91. The number of benzene rings is 2. The normalized spacial score (nSPS) is 9.65. The fourth-order valence-electron chi connectivity index (χ4n) is 2.10. The number of nitrogens with two attached hydrogens (primary N) is 2. The maximum atomic E-state index is 5.87. The van der Waals surface area contributed by atoms with Crippen LogP contribution in [0.4, 0.5) is 11.4 Å². The molecule has 0 aliphatic rings. The summed E-state index contributed by atoms with van der Waals surface area (Å²) in [5.74, 6) is 6.01. The van der Waals surface area contributed by atoms with Gasteiger partial charge in [0, 0.05) is 0 Å². The molecule has 0 saturated carbocycles. The van der Waals surface area contributed by atoms with Crippen molar-refractivity contribution < 1.29 is 9.47 Å². The van der Waals surface area contributed by atoms with Gasteiger partial charge in [0.25, 0.3) is 0 Å². The van der Waals surface area contributed by atoms with E-state index in [0.717, 1.165) is 11.1 Å². The Bertz CT molecular complexity index is 704. The lowest BCUT2D eigenvalue weighted by molar-refractivity contribution is 0.371. The molecule has 0 bridgehead atoms. The lowest BCUT2D eigenvalue weighted by atomic mass is 10.0. The van der Waals surface area contributed by atoms with Gasteiger partial charge < -0.3 is 20.9 Å². The lowest BCUT2D eigenvalue weighted by Crippen LogP contribution is -2.01. The Labute approximate surface area is 136 Å². The summed E-state index contributed by atoms with van der Waals surface area (Å²) in [6, 6.07) is 11.2. The van der Waals surface area contributed by atoms with Gasteiger partial charge in [-0.15, -0.1) is 12.8 Å². The van der Waals surface area contributed by atoms with Crippen molar-refractivity contribution in [1.29, 1.82) is 0 Å². The van der Waals surface area contributed by atoms with E-state index in [0.29, 0.717) is 29.3 Å². The average molecular weight is 306 g/mol. The van der Waals surface area contributed by atoms with Crippen molar-refractivity contribution in [2.75, 3.05) is 24.7 Å². The molecule has 2 rings (SSSR count). The third kappa shape index (κ3) is 4.36. The first kappa shape index (κ1) is 16.1. The molecule has 2 aromatic rings. The van der Waals surface area contributed by atoms with E-state index in [1.165, 1.54) is 0 Å². The summed E-state index contributed by atoms with van der Waals surface area (Å²) in [5, 5.41) is 0. The van der Waals surface area contributed by atoms with Crippen molar-refractivity contribution in [1.82, 2.24) is 0 Å². The second-order valence-corrected chi connectivity index (χ2v) is 4.91. The number of rotatable bonds is 6. The largest absolute Gasteiger partial charge is 0.479 e. The van der Waals surface area contributed by atoms with Gasteiger partial charge in [-0.1, -0.05) is 24.0 Å². The van der Waals surface area contributed by atoms with Crippen LogP contribution in [0.3, 0.4) is 0 Å². The van der Waals surface area contributed by atoms with E-state index in [1.807, 2.05) is 24.3 Å². The van der Waals surface area contributed by atoms with Crippen molar-refractivity contribution in [3.05, 3.63) is 47.5 Å². The quantitative estimate of drug-likeness (QED) is 0.635. The van der Waals surface area contributed by atoms with Gasteiger partial charge in [0.2, 0.25) is 0 Å². The Kier molecular flexibility index (Phi) is 5.39. The Morgan fingerprint density at radius 3 is 1.61 bits per heavy atom. The fourth-order valence-corrected chi connectivity index (χ4v) is 2.10. The van der Waals surface area contributed by atoms with Gasteiger partial charge >= 0.3 is 0 Å². The van der Waals surface area contributed by atoms with Crippen LogP contribution in [0.5, 0.6) is 11.5 Å². The van der Waals surface area contributed by atoms with Crippen LogP contribution in [-0.4, -0.2) is 13.2 Å². The van der Waals surface area contributed by atoms with E-state index in [2.05, 4.69) is 11.8 Å². The molecule has 4 N–H and O–H groups in total. The van der Waals surface area contributed by atoms with Crippen LogP contribution < -0.4 is 20.9 Å². The van der Waals surface area contributed by atoms with Gasteiger partial charge in [-0.2, -0.15) is 0 Å². The SMILES string of the molecule is C#CCOc1cc(Cc2ccc(N)c(OCC#C)c2)ccc1N. The zero-order chi connectivity index (χ0) is 16.7. The second kappa shape index (κ2) is 7.68. The van der Waals surface area contributed by atoms with E-state index in [9.17, 15) is 0 Å². The first-order valence-corrected chi connectivity index (χ1v) is 7.03. The number of anilines is 2. The van der Waals surface area contributed by atoms with Crippen LogP contribution in [0.1, 0.15) is 11.1 Å². The van der Waals surface area contributed by atoms with Gasteiger partial charge in [-0.25, -0.2) is 0 Å². The first-order valence-electron chi connectivity index (χ1n) is 7.03. The van der Waals surface area contributed by atoms with Gasteiger partial charge in [0.15, 0.2) is 0 Å². The molecule has 4 nitrogen and oxygen atoms in total. The summed E-state index contributed by atoms with van der Waals surface area (Å²) in [7, 11) is 0. The van der Waals surface area contributed by atoms with Gasteiger partial charge in [0.05, 0.1) is 11.4 Å². The summed E-state index contributed by atoms with van der Waals surface area (Å²) in [5.41, 5.74) is 14.9. The molecule has 0 unspecified atom stereocenters. The molecule has 4 heteroatoms. The molecule has 2 aromatic carbocycles. The van der Waals surface area contributed by atoms with Crippen molar-refractivity contribution in [2.24, 2.45) is 0 Å². The summed E-state index contributed by atoms with van der Waals surface area (Å²) in [6.45, 7) is 0.360. The summed E-state index contributed by atoms with van der Waals surface area (Å²) < 4.78 is 10.9. The van der Waals surface area contributed by atoms with E-state index in [-0.39, 0.29) is 13.2 Å². The topological polar surface area (TPSA) is 70.5 Å². The minimum absolute atomic E-state index is 0.180. The van der Waals surface area contributed by atoms with Crippen LogP contribution >= 0.6 is 0 Å². The highest BCUT2D eigenvalue weighted by atomic mass is 16.5. The smallest absolute Gasteiger partial charge is 0.148 e. The Morgan fingerprint density at radius 1 is 0.783 bits per heavy atom. The van der Waals surface area contributed by atoms with Crippen molar-refractivity contribution in [3.63, 3.8) is 0 Å². The molecule has 23 heavy (non-hydrogen) atoms. The summed E-state index contributed by atoms with van der Waals surface area (Å²) in [6.07, 6.45) is 11.1. The first-order chi connectivity index (χ1) is 11.1. The van der Waals surface area contributed by atoms with Crippen LogP contribution in [0.2, 0.25) is 0 Å². The number of terminal acetylenes is 2. The highest BCUT2D eigenvalue weighted by Crippen LogP contribution is 2.27. The zero-order valence-electron chi connectivity index (χ0n) is 12.7.